The summed E-state index contributed by atoms with van der Waals surface area (Å²) in [7, 11) is 3.27. The zero-order chi connectivity index (χ0) is 19.4. The molecule has 6 nitrogen and oxygen atoms in total. The number of halogens is 1. The molecule has 0 unspecified atom stereocenters. The van der Waals surface area contributed by atoms with Crippen molar-refractivity contribution in [2.24, 2.45) is 4.99 Å². The number of hydrogen-bond acceptors (Lipinski definition) is 5. The summed E-state index contributed by atoms with van der Waals surface area (Å²) in [5.41, 5.74) is 1.40. The highest BCUT2D eigenvalue weighted by molar-refractivity contribution is 14.1. The van der Waals surface area contributed by atoms with E-state index < -0.39 is 5.25 Å². The zero-order valence-electron chi connectivity index (χ0n) is 14.8. The normalized spacial score (nSPS) is 18.5. The minimum atomic E-state index is -0.523. The number of nitrogens with zero attached hydrogens (tertiary/aromatic N) is 2. The Hall–Kier alpha value is -2.07. The van der Waals surface area contributed by atoms with Gasteiger partial charge in [0.25, 0.3) is 0 Å². The quantitative estimate of drug-likeness (QED) is 0.654. The van der Waals surface area contributed by atoms with Crippen molar-refractivity contribution in [1.82, 2.24) is 4.90 Å². The van der Waals surface area contributed by atoms with Gasteiger partial charge in [-0.15, -0.1) is 0 Å². The van der Waals surface area contributed by atoms with E-state index in [1.54, 1.807) is 38.4 Å². The fourth-order valence-corrected chi connectivity index (χ4v) is 3.84. The Kier molecular flexibility index (Phi) is 6.38. The Morgan fingerprint density at radius 1 is 1.22 bits per heavy atom. The third-order valence-corrected chi connectivity index (χ3v) is 5.93. The van der Waals surface area contributed by atoms with Gasteiger partial charge < -0.3 is 10.1 Å². The standard InChI is InChI=1S/C19H18IN3O3S/c1-23-17(24)11-16(18(25)21-13-5-3-12(20)4-6-13)27-19(23)22-14-7-9-15(26-2)10-8-14/h3-10,16H,11H2,1-2H3,(H,21,25)/t16-/m1/s1. The third-order valence-electron chi connectivity index (χ3n) is 3.97. The number of carbonyl (C=O) groups excluding carboxylic acids is 2. The van der Waals surface area contributed by atoms with Gasteiger partial charge in [-0.1, -0.05) is 11.8 Å². The maximum Gasteiger partial charge on any atom is 0.238 e. The first kappa shape index (κ1) is 19.7. The summed E-state index contributed by atoms with van der Waals surface area (Å²) in [6, 6.07) is 14.7. The molecule has 1 fully saturated rings. The molecule has 3 rings (SSSR count). The van der Waals surface area contributed by atoms with Gasteiger partial charge in [0.1, 0.15) is 11.0 Å². The van der Waals surface area contributed by atoms with Gasteiger partial charge in [0.2, 0.25) is 11.8 Å². The molecule has 1 heterocycles. The van der Waals surface area contributed by atoms with Crippen molar-refractivity contribution in [2.45, 2.75) is 11.7 Å². The first-order valence-corrected chi connectivity index (χ1v) is 10.1. The van der Waals surface area contributed by atoms with Crippen molar-refractivity contribution in [3.63, 3.8) is 0 Å². The fraction of sp³-hybridized carbons (Fsp3) is 0.211. The smallest absolute Gasteiger partial charge is 0.238 e. The van der Waals surface area contributed by atoms with Crippen molar-refractivity contribution in [1.29, 1.82) is 0 Å². The number of ether oxygens (including phenoxy) is 1. The topological polar surface area (TPSA) is 71.0 Å². The van der Waals surface area contributed by atoms with E-state index in [0.29, 0.717) is 16.5 Å². The van der Waals surface area contributed by atoms with Crippen LogP contribution in [0.3, 0.4) is 0 Å². The molecule has 140 valence electrons. The zero-order valence-corrected chi connectivity index (χ0v) is 17.8. The molecule has 1 aliphatic heterocycles. The van der Waals surface area contributed by atoms with Gasteiger partial charge in [-0.2, -0.15) is 0 Å². The molecule has 0 radical (unpaired) electrons. The van der Waals surface area contributed by atoms with Crippen molar-refractivity contribution in [2.75, 3.05) is 19.5 Å². The van der Waals surface area contributed by atoms with Crippen LogP contribution in [0.1, 0.15) is 6.42 Å². The maximum atomic E-state index is 12.6. The number of thioether (sulfide) groups is 1. The molecule has 2 amide bonds. The van der Waals surface area contributed by atoms with E-state index in [2.05, 4.69) is 32.9 Å². The fourth-order valence-electron chi connectivity index (χ4n) is 2.42. The van der Waals surface area contributed by atoms with Crippen molar-refractivity contribution in [3.8, 4) is 5.75 Å². The van der Waals surface area contributed by atoms with Crippen LogP contribution < -0.4 is 10.1 Å². The summed E-state index contributed by atoms with van der Waals surface area (Å²) >= 11 is 3.49. The molecular formula is C19H18IN3O3S. The number of amidine groups is 1. The van der Waals surface area contributed by atoms with Gasteiger partial charge in [0.05, 0.1) is 12.8 Å². The van der Waals surface area contributed by atoms with Crippen LogP contribution in [-0.2, 0) is 9.59 Å². The van der Waals surface area contributed by atoms with Gasteiger partial charge in [0, 0.05) is 22.7 Å². The maximum absolute atomic E-state index is 12.6. The van der Waals surface area contributed by atoms with Crippen molar-refractivity contribution in [3.05, 3.63) is 52.1 Å². The number of nitrogens with one attached hydrogen (secondary N) is 1. The van der Waals surface area contributed by atoms with Crippen molar-refractivity contribution < 1.29 is 14.3 Å². The Bertz CT molecular complexity index is 869. The Morgan fingerprint density at radius 3 is 2.52 bits per heavy atom. The molecule has 2 aromatic carbocycles. The lowest BCUT2D eigenvalue weighted by molar-refractivity contribution is -0.128. The van der Waals surface area contributed by atoms with Crippen LogP contribution in [0.15, 0.2) is 53.5 Å². The van der Waals surface area contributed by atoms with Gasteiger partial charge in [-0.3, -0.25) is 14.5 Å². The van der Waals surface area contributed by atoms with E-state index >= 15 is 0 Å². The van der Waals surface area contributed by atoms with Crippen LogP contribution in [-0.4, -0.2) is 41.3 Å². The average molecular weight is 495 g/mol. The molecule has 1 N–H and O–H groups in total. The van der Waals surface area contributed by atoms with Gasteiger partial charge in [-0.25, -0.2) is 4.99 Å². The lowest BCUT2D eigenvalue weighted by atomic mass is 10.2. The second-order valence-electron chi connectivity index (χ2n) is 5.85. The molecule has 8 heteroatoms. The summed E-state index contributed by atoms with van der Waals surface area (Å²) < 4.78 is 6.22. The van der Waals surface area contributed by atoms with Crippen LogP contribution in [0.2, 0.25) is 0 Å². The highest BCUT2D eigenvalue weighted by atomic mass is 127. The van der Waals surface area contributed by atoms with Crippen LogP contribution in [0.25, 0.3) is 0 Å². The monoisotopic (exact) mass is 495 g/mol. The van der Waals surface area contributed by atoms with E-state index in [9.17, 15) is 9.59 Å². The number of amides is 2. The number of methoxy groups -OCH3 is 1. The number of rotatable bonds is 4. The molecule has 0 bridgehead atoms. The second-order valence-corrected chi connectivity index (χ2v) is 8.27. The van der Waals surface area contributed by atoms with E-state index in [4.69, 9.17) is 4.74 Å². The number of aliphatic imine (C=N–C) groups is 1. The molecular weight excluding hydrogens is 477 g/mol. The van der Waals surface area contributed by atoms with Gasteiger partial charge >= 0.3 is 0 Å². The molecule has 0 saturated carbocycles. The van der Waals surface area contributed by atoms with Crippen LogP contribution in [0, 0.1) is 3.57 Å². The summed E-state index contributed by atoms with van der Waals surface area (Å²) in [6.07, 6.45) is 0.138. The number of carbonyl (C=O) groups is 2. The summed E-state index contributed by atoms with van der Waals surface area (Å²) in [5, 5.41) is 2.84. The minimum absolute atomic E-state index is 0.135. The van der Waals surface area contributed by atoms with E-state index in [-0.39, 0.29) is 18.2 Å². The summed E-state index contributed by atoms with van der Waals surface area (Å²) in [6.45, 7) is 0. The molecule has 1 atom stereocenters. The molecule has 1 aliphatic rings. The average Bonchev–Trinajstić information content (AvgIpc) is 2.67. The lowest BCUT2D eigenvalue weighted by Gasteiger charge is -2.28. The molecule has 0 spiro atoms. The number of benzene rings is 2. The molecule has 1 saturated heterocycles. The summed E-state index contributed by atoms with van der Waals surface area (Å²) in [4.78, 5) is 31.0. The molecule has 0 aromatic heterocycles. The Labute approximate surface area is 175 Å². The highest BCUT2D eigenvalue weighted by Gasteiger charge is 2.34. The van der Waals surface area contributed by atoms with E-state index in [1.807, 2.05) is 24.3 Å². The third kappa shape index (κ3) is 5.01. The molecule has 27 heavy (non-hydrogen) atoms. The van der Waals surface area contributed by atoms with E-state index in [1.165, 1.54) is 16.7 Å². The number of hydrogen-bond donors (Lipinski definition) is 1. The number of anilines is 1. The predicted octanol–water partition coefficient (Wildman–Crippen LogP) is 3.89. The first-order chi connectivity index (χ1) is 13.0. The summed E-state index contributed by atoms with van der Waals surface area (Å²) in [5.74, 6) is 0.392. The second kappa shape index (κ2) is 8.75. The van der Waals surface area contributed by atoms with Crippen LogP contribution in [0.5, 0.6) is 5.75 Å². The van der Waals surface area contributed by atoms with Crippen LogP contribution in [0.4, 0.5) is 11.4 Å². The SMILES string of the molecule is COc1ccc(N=C2S[C@@H](C(=O)Nc3ccc(I)cc3)CC(=O)N2C)cc1. The molecule has 0 aliphatic carbocycles. The minimum Gasteiger partial charge on any atom is -0.497 e. The van der Waals surface area contributed by atoms with Gasteiger partial charge in [0.15, 0.2) is 5.17 Å². The highest BCUT2D eigenvalue weighted by Crippen LogP contribution is 2.29. The van der Waals surface area contributed by atoms with Gasteiger partial charge in [-0.05, 0) is 71.1 Å². The molecule has 2 aromatic rings. The van der Waals surface area contributed by atoms with Crippen LogP contribution >= 0.6 is 34.4 Å². The largest absolute Gasteiger partial charge is 0.497 e. The van der Waals surface area contributed by atoms with Crippen molar-refractivity contribution >= 4 is 62.7 Å². The predicted molar refractivity (Wildman–Crippen MR) is 117 cm³/mol. The Morgan fingerprint density at radius 2 is 1.89 bits per heavy atom. The lowest BCUT2D eigenvalue weighted by Crippen LogP contribution is -2.43. The van der Waals surface area contributed by atoms with E-state index in [0.717, 1.165) is 9.32 Å². The Balaban J connectivity index is 1.75. The first-order valence-electron chi connectivity index (χ1n) is 8.18.